The minimum Gasteiger partial charge on any atom is -0.463 e. The second kappa shape index (κ2) is 8.26. The molecule has 0 radical (unpaired) electrons. The fourth-order valence-electron chi connectivity index (χ4n) is 2.65. The zero-order valence-corrected chi connectivity index (χ0v) is 15.3. The maximum atomic E-state index is 12.6. The standard InChI is InChI=1S/C16H23NO4S2/c1-10(2)14-9-23-16(22)17(14)15(19)7-12-5-4-6-13(21-12)8-20-11(3)18/h4-5,10,12-14H,6-9H2,1-3H3/t12-,13+,14+/m1/s1. The van der Waals surface area contributed by atoms with Crippen molar-refractivity contribution in [1.29, 1.82) is 0 Å². The van der Waals surface area contributed by atoms with Gasteiger partial charge in [0.2, 0.25) is 5.91 Å². The van der Waals surface area contributed by atoms with Gasteiger partial charge in [-0.3, -0.25) is 14.5 Å². The lowest BCUT2D eigenvalue weighted by molar-refractivity contribution is -0.148. The lowest BCUT2D eigenvalue weighted by atomic mass is 10.0. The largest absolute Gasteiger partial charge is 0.463 e. The van der Waals surface area contributed by atoms with E-state index in [4.69, 9.17) is 21.7 Å². The Kier molecular flexibility index (Phi) is 6.61. The number of carbonyl (C=O) groups is 2. The summed E-state index contributed by atoms with van der Waals surface area (Å²) in [5.74, 6) is 0.904. The van der Waals surface area contributed by atoms with Crippen LogP contribution in [0.2, 0.25) is 0 Å². The zero-order chi connectivity index (χ0) is 17.0. The van der Waals surface area contributed by atoms with Crippen LogP contribution in [0.25, 0.3) is 0 Å². The molecule has 1 saturated heterocycles. The molecule has 23 heavy (non-hydrogen) atoms. The van der Waals surface area contributed by atoms with Gasteiger partial charge in [-0.2, -0.15) is 0 Å². The summed E-state index contributed by atoms with van der Waals surface area (Å²) >= 11 is 6.89. The highest BCUT2D eigenvalue weighted by Gasteiger charge is 2.36. The Morgan fingerprint density at radius 1 is 1.52 bits per heavy atom. The molecule has 1 amide bonds. The zero-order valence-electron chi connectivity index (χ0n) is 13.7. The van der Waals surface area contributed by atoms with Crippen molar-refractivity contribution in [2.24, 2.45) is 5.92 Å². The van der Waals surface area contributed by atoms with Gasteiger partial charge in [-0.25, -0.2) is 0 Å². The van der Waals surface area contributed by atoms with Crippen LogP contribution >= 0.6 is 24.0 Å². The molecule has 0 aliphatic carbocycles. The summed E-state index contributed by atoms with van der Waals surface area (Å²) in [4.78, 5) is 25.3. The molecule has 5 nitrogen and oxygen atoms in total. The van der Waals surface area contributed by atoms with Crippen molar-refractivity contribution >= 4 is 40.2 Å². The van der Waals surface area contributed by atoms with Crippen LogP contribution in [-0.4, -0.2) is 51.7 Å². The number of ether oxygens (including phenoxy) is 2. The van der Waals surface area contributed by atoms with Gasteiger partial charge in [0.1, 0.15) is 10.9 Å². The van der Waals surface area contributed by atoms with Crippen molar-refractivity contribution < 1.29 is 19.1 Å². The molecule has 128 valence electrons. The lowest BCUT2D eigenvalue weighted by Gasteiger charge is -2.30. The predicted octanol–water partition coefficient (Wildman–Crippen LogP) is 2.54. The Hall–Kier alpha value is -0.920. The fourth-order valence-corrected chi connectivity index (χ4v) is 4.31. The smallest absolute Gasteiger partial charge is 0.302 e. The molecule has 0 unspecified atom stereocenters. The van der Waals surface area contributed by atoms with Gasteiger partial charge >= 0.3 is 5.97 Å². The maximum Gasteiger partial charge on any atom is 0.302 e. The number of rotatable bonds is 5. The third-order valence-electron chi connectivity index (χ3n) is 3.91. The Balaban J connectivity index is 1.91. The van der Waals surface area contributed by atoms with Crippen LogP contribution in [0.1, 0.15) is 33.6 Å². The maximum absolute atomic E-state index is 12.6. The van der Waals surface area contributed by atoms with Gasteiger partial charge < -0.3 is 9.47 Å². The second-order valence-corrected chi connectivity index (χ2v) is 7.77. The van der Waals surface area contributed by atoms with Crippen molar-refractivity contribution in [3.63, 3.8) is 0 Å². The normalized spacial score (nSPS) is 27.6. The Morgan fingerprint density at radius 3 is 2.91 bits per heavy atom. The average Bonchev–Trinajstić information content (AvgIpc) is 2.87. The van der Waals surface area contributed by atoms with E-state index in [-0.39, 0.29) is 43.2 Å². The van der Waals surface area contributed by atoms with E-state index in [9.17, 15) is 9.59 Å². The number of thiocarbonyl (C=S) groups is 1. The van der Waals surface area contributed by atoms with Gasteiger partial charge in [-0.05, 0) is 12.3 Å². The topological polar surface area (TPSA) is 55.8 Å². The van der Waals surface area contributed by atoms with Crippen LogP contribution in [-0.2, 0) is 19.1 Å². The molecule has 2 aliphatic rings. The SMILES string of the molecule is CC(=O)OC[C@@H]1CC=C[C@H](CC(=O)N2C(=S)SC[C@H]2C(C)C)O1. The number of thioether (sulfide) groups is 1. The minimum atomic E-state index is -0.324. The predicted molar refractivity (Wildman–Crippen MR) is 94.2 cm³/mol. The molecular formula is C16H23NO4S2. The molecule has 2 heterocycles. The monoisotopic (exact) mass is 357 g/mol. The summed E-state index contributed by atoms with van der Waals surface area (Å²) in [7, 11) is 0. The molecule has 0 saturated carbocycles. The molecular weight excluding hydrogens is 334 g/mol. The summed E-state index contributed by atoms with van der Waals surface area (Å²) in [5, 5.41) is 0. The van der Waals surface area contributed by atoms with Crippen LogP contribution in [0.4, 0.5) is 0 Å². The quantitative estimate of drug-likeness (QED) is 0.428. The van der Waals surface area contributed by atoms with E-state index in [0.29, 0.717) is 16.7 Å². The van der Waals surface area contributed by atoms with E-state index in [2.05, 4.69) is 13.8 Å². The first-order chi connectivity index (χ1) is 10.9. The van der Waals surface area contributed by atoms with E-state index < -0.39 is 0 Å². The van der Waals surface area contributed by atoms with E-state index in [1.807, 2.05) is 12.2 Å². The Labute approximate surface area is 146 Å². The van der Waals surface area contributed by atoms with Crippen LogP contribution in [0, 0.1) is 5.92 Å². The number of carbonyl (C=O) groups excluding carboxylic acids is 2. The van der Waals surface area contributed by atoms with Crippen LogP contribution < -0.4 is 0 Å². The molecule has 2 rings (SSSR count). The van der Waals surface area contributed by atoms with Crippen molar-refractivity contribution in [2.75, 3.05) is 12.4 Å². The number of hydrogen-bond donors (Lipinski definition) is 0. The summed E-state index contributed by atoms with van der Waals surface area (Å²) in [6, 6.07) is 0.157. The number of esters is 1. The Morgan fingerprint density at radius 2 is 2.26 bits per heavy atom. The van der Waals surface area contributed by atoms with Gasteiger partial charge in [-0.15, -0.1) is 0 Å². The van der Waals surface area contributed by atoms with E-state index >= 15 is 0 Å². The van der Waals surface area contributed by atoms with Gasteiger partial charge in [0.25, 0.3) is 0 Å². The summed E-state index contributed by atoms with van der Waals surface area (Å²) < 4.78 is 11.5. The fraction of sp³-hybridized carbons (Fsp3) is 0.688. The van der Waals surface area contributed by atoms with Crippen molar-refractivity contribution in [1.82, 2.24) is 4.90 Å². The van der Waals surface area contributed by atoms with Crippen molar-refractivity contribution in [2.45, 2.75) is 51.9 Å². The number of amides is 1. The first-order valence-corrected chi connectivity index (χ1v) is 9.22. The molecule has 0 spiro atoms. The molecule has 0 aromatic carbocycles. The van der Waals surface area contributed by atoms with Gasteiger partial charge in [0.05, 0.1) is 18.6 Å². The van der Waals surface area contributed by atoms with E-state index in [1.54, 1.807) is 16.7 Å². The van der Waals surface area contributed by atoms with Crippen LogP contribution in [0.3, 0.4) is 0 Å². The van der Waals surface area contributed by atoms with E-state index in [0.717, 1.165) is 5.75 Å². The molecule has 2 aliphatic heterocycles. The lowest BCUT2D eigenvalue weighted by Crippen LogP contribution is -2.43. The Bertz CT molecular complexity index is 506. The molecule has 0 N–H and O–H groups in total. The van der Waals surface area contributed by atoms with Crippen LogP contribution in [0.15, 0.2) is 12.2 Å². The van der Waals surface area contributed by atoms with Crippen molar-refractivity contribution in [3.05, 3.63) is 12.2 Å². The average molecular weight is 357 g/mol. The van der Waals surface area contributed by atoms with E-state index in [1.165, 1.54) is 6.92 Å². The second-order valence-electron chi connectivity index (χ2n) is 6.12. The van der Waals surface area contributed by atoms with Gasteiger partial charge in [0.15, 0.2) is 0 Å². The highest BCUT2D eigenvalue weighted by Crippen LogP contribution is 2.30. The van der Waals surface area contributed by atoms with Gasteiger partial charge in [0, 0.05) is 18.7 Å². The summed E-state index contributed by atoms with van der Waals surface area (Å²) in [5.41, 5.74) is 0. The molecule has 1 fully saturated rings. The third kappa shape index (κ3) is 5.02. The highest BCUT2D eigenvalue weighted by atomic mass is 32.2. The molecule has 0 bridgehead atoms. The first-order valence-electron chi connectivity index (χ1n) is 7.82. The summed E-state index contributed by atoms with van der Waals surface area (Å²) in [6.45, 7) is 5.80. The number of hydrogen-bond acceptors (Lipinski definition) is 6. The molecule has 0 aromatic heterocycles. The summed E-state index contributed by atoms with van der Waals surface area (Å²) in [6.07, 6.45) is 4.34. The van der Waals surface area contributed by atoms with Gasteiger partial charge in [-0.1, -0.05) is 50.0 Å². The molecule has 0 aromatic rings. The molecule has 7 heteroatoms. The minimum absolute atomic E-state index is 0.00138. The third-order valence-corrected chi connectivity index (χ3v) is 5.41. The highest BCUT2D eigenvalue weighted by molar-refractivity contribution is 8.23. The van der Waals surface area contributed by atoms with Crippen LogP contribution in [0.5, 0.6) is 0 Å². The number of nitrogens with zero attached hydrogens (tertiary/aromatic N) is 1. The van der Waals surface area contributed by atoms with Crippen molar-refractivity contribution in [3.8, 4) is 0 Å². The molecule has 3 atom stereocenters. The first kappa shape index (κ1) is 18.4.